The first kappa shape index (κ1) is 13.8. The molecule has 1 heterocycles. The second-order valence-corrected chi connectivity index (χ2v) is 6.00. The molecule has 0 aromatic carbocycles. The van der Waals surface area contributed by atoms with Crippen molar-refractivity contribution in [3.05, 3.63) is 0 Å². The van der Waals surface area contributed by atoms with Crippen LogP contribution in [0.15, 0.2) is 0 Å². The first-order valence-electron chi connectivity index (χ1n) is 7.42. The van der Waals surface area contributed by atoms with E-state index in [0.29, 0.717) is 18.4 Å². The molecule has 1 aliphatic carbocycles. The van der Waals surface area contributed by atoms with Crippen LogP contribution >= 0.6 is 0 Å². The second-order valence-electron chi connectivity index (χ2n) is 6.00. The monoisotopic (exact) mass is 253 g/mol. The number of nitrogens with one attached hydrogen (secondary N) is 1. The highest BCUT2D eigenvalue weighted by atomic mass is 16.1. The maximum absolute atomic E-state index is 11.8. The Hall–Kier alpha value is -0.610. The van der Waals surface area contributed by atoms with Gasteiger partial charge in [0.2, 0.25) is 5.91 Å². The first-order valence-corrected chi connectivity index (χ1v) is 7.42. The largest absolute Gasteiger partial charge is 0.352 e. The van der Waals surface area contributed by atoms with Crippen molar-refractivity contribution in [2.45, 2.75) is 57.5 Å². The van der Waals surface area contributed by atoms with E-state index >= 15 is 0 Å². The summed E-state index contributed by atoms with van der Waals surface area (Å²) in [6, 6.07) is 1.22. The van der Waals surface area contributed by atoms with Crippen LogP contribution in [0.2, 0.25) is 0 Å². The molecule has 4 nitrogen and oxygen atoms in total. The van der Waals surface area contributed by atoms with Gasteiger partial charge in [0.05, 0.1) is 0 Å². The van der Waals surface area contributed by atoms with Crippen LogP contribution in [-0.4, -0.2) is 42.5 Å². The fraction of sp³-hybridized carbons (Fsp3) is 0.929. The van der Waals surface area contributed by atoms with Crippen LogP contribution in [-0.2, 0) is 4.79 Å². The number of nitrogens with zero attached hydrogens (tertiary/aromatic N) is 1. The van der Waals surface area contributed by atoms with E-state index in [-0.39, 0.29) is 5.91 Å². The number of rotatable bonds is 7. The van der Waals surface area contributed by atoms with Gasteiger partial charge in [-0.1, -0.05) is 6.92 Å². The lowest BCUT2D eigenvalue weighted by Crippen LogP contribution is -2.37. The van der Waals surface area contributed by atoms with E-state index in [4.69, 9.17) is 5.73 Å². The zero-order valence-electron chi connectivity index (χ0n) is 11.5. The Labute approximate surface area is 110 Å². The van der Waals surface area contributed by atoms with Crippen LogP contribution in [0.25, 0.3) is 0 Å². The van der Waals surface area contributed by atoms with Crippen LogP contribution in [0.4, 0.5) is 0 Å². The highest BCUT2D eigenvalue weighted by Crippen LogP contribution is 2.29. The molecule has 4 heteroatoms. The Kier molecular flexibility index (Phi) is 5.01. The van der Waals surface area contributed by atoms with Crippen molar-refractivity contribution < 1.29 is 4.79 Å². The molecule has 1 saturated heterocycles. The summed E-state index contributed by atoms with van der Waals surface area (Å²) in [5.74, 6) is 0.786. The molecule has 1 aliphatic heterocycles. The number of hydrogen-bond donors (Lipinski definition) is 2. The Morgan fingerprint density at radius 1 is 1.39 bits per heavy atom. The Morgan fingerprint density at radius 2 is 2.17 bits per heavy atom. The molecule has 2 rings (SSSR count). The number of hydrogen-bond acceptors (Lipinski definition) is 3. The van der Waals surface area contributed by atoms with Crippen molar-refractivity contribution in [3.63, 3.8) is 0 Å². The zero-order valence-corrected chi connectivity index (χ0v) is 11.5. The van der Waals surface area contributed by atoms with Gasteiger partial charge in [0.1, 0.15) is 0 Å². The molecular formula is C14H27N3O. The number of nitrogens with two attached hydrogens (primary N) is 1. The molecule has 2 atom stereocenters. The minimum Gasteiger partial charge on any atom is -0.352 e. The van der Waals surface area contributed by atoms with Gasteiger partial charge in [-0.05, 0) is 44.6 Å². The molecule has 2 fully saturated rings. The van der Waals surface area contributed by atoms with E-state index in [1.54, 1.807) is 0 Å². The van der Waals surface area contributed by atoms with Crippen LogP contribution in [0, 0.1) is 5.92 Å². The third kappa shape index (κ3) is 4.25. The average Bonchev–Trinajstić information content (AvgIpc) is 3.09. The molecule has 0 spiro atoms. The van der Waals surface area contributed by atoms with Crippen LogP contribution in [0.1, 0.15) is 45.4 Å². The van der Waals surface area contributed by atoms with Crippen molar-refractivity contribution in [2.24, 2.45) is 11.7 Å². The topological polar surface area (TPSA) is 58.4 Å². The van der Waals surface area contributed by atoms with Gasteiger partial charge >= 0.3 is 0 Å². The molecule has 2 aliphatic rings. The highest BCUT2D eigenvalue weighted by Gasteiger charge is 2.34. The van der Waals surface area contributed by atoms with Gasteiger partial charge in [-0.15, -0.1) is 0 Å². The standard InChI is InChI=1S/C14H27N3O/c1-11(6-8-15)2-5-14(18)16-12-7-9-17(10-12)13-3-4-13/h11-13H,2-10,15H2,1H3,(H,16,18). The number of likely N-dealkylation sites (tertiary alicyclic amines) is 1. The van der Waals surface area contributed by atoms with Gasteiger partial charge in [-0.3, -0.25) is 9.69 Å². The fourth-order valence-corrected chi connectivity index (χ4v) is 2.78. The summed E-state index contributed by atoms with van der Waals surface area (Å²) in [6.07, 6.45) is 6.48. The molecule has 18 heavy (non-hydrogen) atoms. The van der Waals surface area contributed by atoms with Gasteiger partial charge in [0.15, 0.2) is 0 Å². The molecule has 0 bridgehead atoms. The lowest BCUT2D eigenvalue weighted by molar-refractivity contribution is -0.122. The van der Waals surface area contributed by atoms with Gasteiger partial charge in [-0.2, -0.15) is 0 Å². The minimum absolute atomic E-state index is 0.224. The lowest BCUT2D eigenvalue weighted by Gasteiger charge is -2.16. The van der Waals surface area contributed by atoms with Gasteiger partial charge in [0.25, 0.3) is 0 Å². The first-order chi connectivity index (χ1) is 8.69. The number of amides is 1. The second kappa shape index (κ2) is 6.53. The Morgan fingerprint density at radius 3 is 2.83 bits per heavy atom. The average molecular weight is 253 g/mol. The zero-order chi connectivity index (χ0) is 13.0. The van der Waals surface area contributed by atoms with Crippen molar-refractivity contribution >= 4 is 5.91 Å². The summed E-state index contributed by atoms with van der Waals surface area (Å²) < 4.78 is 0. The molecule has 1 saturated carbocycles. The van der Waals surface area contributed by atoms with Crippen LogP contribution in [0.3, 0.4) is 0 Å². The third-order valence-electron chi connectivity index (χ3n) is 4.17. The van der Waals surface area contributed by atoms with Crippen molar-refractivity contribution in [1.29, 1.82) is 0 Å². The molecular weight excluding hydrogens is 226 g/mol. The predicted molar refractivity (Wildman–Crippen MR) is 73.2 cm³/mol. The summed E-state index contributed by atoms with van der Waals surface area (Å²) in [5.41, 5.74) is 5.51. The van der Waals surface area contributed by atoms with Gasteiger partial charge < -0.3 is 11.1 Å². The summed E-state index contributed by atoms with van der Waals surface area (Å²) in [7, 11) is 0. The summed E-state index contributed by atoms with van der Waals surface area (Å²) in [4.78, 5) is 14.4. The molecule has 0 aromatic rings. The normalized spacial score (nSPS) is 26.2. The van der Waals surface area contributed by atoms with Gasteiger partial charge in [-0.25, -0.2) is 0 Å². The van der Waals surface area contributed by atoms with E-state index in [9.17, 15) is 4.79 Å². The summed E-state index contributed by atoms with van der Waals surface area (Å²) in [6.45, 7) is 5.13. The molecule has 2 unspecified atom stereocenters. The van der Waals surface area contributed by atoms with E-state index in [0.717, 1.165) is 38.4 Å². The lowest BCUT2D eigenvalue weighted by atomic mass is 10.0. The molecule has 3 N–H and O–H groups in total. The van der Waals surface area contributed by atoms with E-state index < -0.39 is 0 Å². The quantitative estimate of drug-likeness (QED) is 0.714. The molecule has 104 valence electrons. The minimum atomic E-state index is 0.224. The third-order valence-corrected chi connectivity index (χ3v) is 4.17. The summed E-state index contributed by atoms with van der Waals surface area (Å²) >= 11 is 0. The molecule has 0 aromatic heterocycles. The Bertz CT molecular complexity index is 278. The smallest absolute Gasteiger partial charge is 0.220 e. The molecule has 0 radical (unpaired) electrons. The van der Waals surface area contributed by atoms with Crippen LogP contribution in [0.5, 0.6) is 0 Å². The van der Waals surface area contributed by atoms with Crippen molar-refractivity contribution in [3.8, 4) is 0 Å². The van der Waals surface area contributed by atoms with Crippen LogP contribution < -0.4 is 11.1 Å². The maximum Gasteiger partial charge on any atom is 0.220 e. The van der Waals surface area contributed by atoms with Gasteiger partial charge in [0, 0.05) is 31.6 Å². The number of carbonyl (C=O) groups is 1. The van der Waals surface area contributed by atoms with E-state index in [2.05, 4.69) is 17.1 Å². The fourth-order valence-electron chi connectivity index (χ4n) is 2.78. The van der Waals surface area contributed by atoms with Crippen molar-refractivity contribution in [1.82, 2.24) is 10.2 Å². The SMILES string of the molecule is CC(CCN)CCC(=O)NC1CCN(C2CC2)C1. The van der Waals surface area contributed by atoms with Crippen molar-refractivity contribution in [2.75, 3.05) is 19.6 Å². The number of carbonyl (C=O) groups excluding carboxylic acids is 1. The maximum atomic E-state index is 11.8. The predicted octanol–water partition coefficient (Wildman–Crippen LogP) is 1.10. The van der Waals surface area contributed by atoms with E-state index in [1.807, 2.05) is 0 Å². The highest BCUT2D eigenvalue weighted by molar-refractivity contribution is 5.76. The Balaban J connectivity index is 1.59. The molecule has 1 amide bonds. The van der Waals surface area contributed by atoms with E-state index in [1.165, 1.54) is 19.4 Å². The summed E-state index contributed by atoms with van der Waals surface area (Å²) in [5, 5.41) is 3.18.